The average molecular weight is 578 g/mol. The Labute approximate surface area is 236 Å². The Balaban J connectivity index is 1.43. The SMILES string of the molecule is CCS(=O)(=O)c1cnc(CNc2nc3c(C)nc(-c4c(OC)ncnc4C4CC4)nc3n([C@@H](C)C3CC3)c2=O)nc1. The molecule has 4 aromatic rings. The lowest BCUT2D eigenvalue weighted by molar-refractivity contribution is 0.397. The lowest BCUT2D eigenvalue weighted by Gasteiger charge is -2.20. The number of anilines is 1. The molecule has 0 radical (unpaired) electrons. The highest BCUT2D eigenvalue weighted by molar-refractivity contribution is 7.91. The van der Waals surface area contributed by atoms with Gasteiger partial charge in [-0.05, 0) is 45.4 Å². The number of ether oxygens (including phenoxy) is 1. The zero-order valence-electron chi connectivity index (χ0n) is 23.3. The fourth-order valence-electron chi connectivity index (χ4n) is 4.95. The summed E-state index contributed by atoms with van der Waals surface area (Å²) in [5.41, 5.74) is 2.72. The number of rotatable bonds is 10. The van der Waals surface area contributed by atoms with Gasteiger partial charge in [0.15, 0.2) is 27.1 Å². The van der Waals surface area contributed by atoms with Crippen LogP contribution in [0.15, 0.2) is 28.4 Å². The van der Waals surface area contributed by atoms with Gasteiger partial charge in [0.2, 0.25) is 5.88 Å². The molecule has 0 aliphatic heterocycles. The van der Waals surface area contributed by atoms with Crippen LogP contribution in [0, 0.1) is 12.8 Å². The van der Waals surface area contributed by atoms with Gasteiger partial charge in [0.05, 0.1) is 30.8 Å². The van der Waals surface area contributed by atoms with Gasteiger partial charge in [0, 0.05) is 24.4 Å². The molecule has 0 spiro atoms. The van der Waals surface area contributed by atoms with Crippen molar-refractivity contribution in [2.24, 2.45) is 5.92 Å². The second-order valence-electron chi connectivity index (χ2n) is 10.5. The molecule has 4 heterocycles. The smallest absolute Gasteiger partial charge is 0.295 e. The maximum atomic E-state index is 13.9. The van der Waals surface area contributed by atoms with Gasteiger partial charge in [-0.2, -0.15) is 0 Å². The third kappa shape index (κ3) is 5.11. The maximum Gasteiger partial charge on any atom is 0.295 e. The molecular formula is C27H31N9O4S. The summed E-state index contributed by atoms with van der Waals surface area (Å²) in [5, 5.41) is 3.06. The standard InChI is InChI=1S/C27H31N9O4S/c1-5-41(38,39)18-10-28-19(29-11-18)12-30-24-27(37)36(15(3)16-6-7-16)25-21(34-24)14(2)33-23(35-25)20-22(17-8-9-17)31-13-32-26(20)40-4/h10-11,13,15-17H,5-9,12H2,1-4H3,(H,30,34)/t15-/m0/s1. The number of aromatic nitrogens is 8. The van der Waals surface area contributed by atoms with Crippen LogP contribution in [-0.4, -0.2) is 60.7 Å². The van der Waals surface area contributed by atoms with Crippen LogP contribution in [0.3, 0.4) is 0 Å². The molecule has 6 rings (SSSR count). The molecule has 214 valence electrons. The van der Waals surface area contributed by atoms with E-state index < -0.39 is 9.84 Å². The van der Waals surface area contributed by atoms with Crippen LogP contribution in [-0.2, 0) is 16.4 Å². The quantitative estimate of drug-likeness (QED) is 0.293. The van der Waals surface area contributed by atoms with E-state index in [1.165, 1.54) is 18.7 Å². The van der Waals surface area contributed by atoms with Crippen LogP contribution >= 0.6 is 0 Å². The maximum absolute atomic E-state index is 13.9. The molecule has 0 aromatic carbocycles. The number of nitrogens with zero attached hydrogens (tertiary/aromatic N) is 8. The Morgan fingerprint density at radius 3 is 2.44 bits per heavy atom. The number of aryl methyl sites for hydroxylation is 1. The summed E-state index contributed by atoms with van der Waals surface area (Å²) in [6.07, 6.45) is 8.17. The van der Waals surface area contributed by atoms with Gasteiger partial charge >= 0.3 is 0 Å². The van der Waals surface area contributed by atoms with Gasteiger partial charge < -0.3 is 10.1 Å². The topological polar surface area (TPSA) is 168 Å². The Hall–Kier alpha value is -4.07. The minimum absolute atomic E-state index is 0.0389. The lowest BCUT2D eigenvalue weighted by Crippen LogP contribution is -2.30. The van der Waals surface area contributed by atoms with E-state index in [1.54, 1.807) is 18.6 Å². The summed E-state index contributed by atoms with van der Waals surface area (Å²) < 4.78 is 31.4. The normalized spacial score (nSPS) is 16.1. The van der Waals surface area contributed by atoms with E-state index in [2.05, 4.69) is 30.2 Å². The minimum atomic E-state index is -3.41. The molecule has 14 heteroatoms. The summed E-state index contributed by atoms with van der Waals surface area (Å²) in [7, 11) is -1.85. The first-order valence-corrected chi connectivity index (χ1v) is 15.3. The van der Waals surface area contributed by atoms with E-state index in [-0.39, 0.29) is 34.6 Å². The fourth-order valence-corrected chi connectivity index (χ4v) is 5.71. The zero-order valence-corrected chi connectivity index (χ0v) is 24.1. The van der Waals surface area contributed by atoms with Gasteiger partial charge in [-0.25, -0.2) is 43.3 Å². The number of methoxy groups -OCH3 is 1. The molecule has 1 N–H and O–H groups in total. The van der Waals surface area contributed by atoms with Crippen molar-refractivity contribution in [3.63, 3.8) is 0 Å². The first-order valence-electron chi connectivity index (χ1n) is 13.7. The number of hydrogen-bond acceptors (Lipinski definition) is 12. The number of fused-ring (bicyclic) bond motifs is 1. The second-order valence-corrected chi connectivity index (χ2v) is 12.8. The molecule has 2 fully saturated rings. The van der Waals surface area contributed by atoms with Crippen molar-refractivity contribution in [1.29, 1.82) is 0 Å². The first-order chi connectivity index (χ1) is 19.7. The average Bonchev–Trinajstić information content (AvgIpc) is 3.89. The Morgan fingerprint density at radius 1 is 1.07 bits per heavy atom. The van der Waals surface area contributed by atoms with E-state index >= 15 is 0 Å². The van der Waals surface area contributed by atoms with Crippen LogP contribution in [0.5, 0.6) is 5.88 Å². The van der Waals surface area contributed by atoms with E-state index in [1.807, 2.05) is 13.8 Å². The summed E-state index contributed by atoms with van der Waals surface area (Å²) in [4.78, 5) is 45.4. The monoisotopic (exact) mass is 577 g/mol. The van der Waals surface area contributed by atoms with Crippen molar-refractivity contribution in [2.45, 2.75) is 69.9 Å². The largest absolute Gasteiger partial charge is 0.480 e. The highest BCUT2D eigenvalue weighted by Gasteiger charge is 2.34. The van der Waals surface area contributed by atoms with Gasteiger partial charge in [-0.3, -0.25) is 9.36 Å². The molecule has 4 aromatic heterocycles. The van der Waals surface area contributed by atoms with Crippen LogP contribution < -0.4 is 15.6 Å². The minimum Gasteiger partial charge on any atom is -0.480 e. The summed E-state index contributed by atoms with van der Waals surface area (Å²) >= 11 is 0. The second kappa shape index (κ2) is 10.4. The predicted octanol–water partition coefficient (Wildman–Crippen LogP) is 3.00. The highest BCUT2D eigenvalue weighted by Crippen LogP contribution is 2.45. The molecule has 2 aliphatic rings. The highest BCUT2D eigenvalue weighted by atomic mass is 32.2. The van der Waals surface area contributed by atoms with Crippen molar-refractivity contribution in [1.82, 2.24) is 39.5 Å². The van der Waals surface area contributed by atoms with E-state index in [0.717, 1.165) is 31.4 Å². The van der Waals surface area contributed by atoms with Gasteiger partial charge in [0.1, 0.15) is 28.1 Å². The summed E-state index contributed by atoms with van der Waals surface area (Å²) in [5.74, 6) is 1.88. The number of sulfone groups is 1. The molecule has 1 atom stereocenters. The fraction of sp³-hybridized carbons (Fsp3) is 0.481. The summed E-state index contributed by atoms with van der Waals surface area (Å²) in [6.45, 7) is 5.51. The molecule has 13 nitrogen and oxygen atoms in total. The zero-order chi connectivity index (χ0) is 28.9. The molecule has 0 bridgehead atoms. The van der Waals surface area contributed by atoms with Gasteiger partial charge in [-0.15, -0.1) is 0 Å². The van der Waals surface area contributed by atoms with Gasteiger partial charge in [-0.1, -0.05) is 6.92 Å². The van der Waals surface area contributed by atoms with Crippen molar-refractivity contribution in [2.75, 3.05) is 18.2 Å². The van der Waals surface area contributed by atoms with Crippen molar-refractivity contribution in [3.05, 3.63) is 46.3 Å². The van der Waals surface area contributed by atoms with E-state index in [0.29, 0.717) is 51.8 Å². The van der Waals surface area contributed by atoms with Crippen molar-refractivity contribution >= 4 is 26.8 Å². The van der Waals surface area contributed by atoms with Crippen LogP contribution in [0.2, 0.25) is 0 Å². The Kier molecular flexibility index (Phi) is 6.88. The van der Waals surface area contributed by atoms with Crippen LogP contribution in [0.4, 0.5) is 5.82 Å². The molecule has 0 amide bonds. The molecule has 0 unspecified atom stereocenters. The Bertz CT molecular complexity index is 1800. The van der Waals surface area contributed by atoms with E-state index in [4.69, 9.17) is 14.7 Å². The summed E-state index contributed by atoms with van der Waals surface area (Å²) in [6, 6.07) is -0.109. The lowest BCUT2D eigenvalue weighted by atomic mass is 10.1. The number of nitrogens with one attached hydrogen (secondary N) is 1. The Morgan fingerprint density at radius 2 is 1.80 bits per heavy atom. The molecule has 2 aliphatic carbocycles. The van der Waals surface area contributed by atoms with Crippen molar-refractivity contribution < 1.29 is 13.2 Å². The third-order valence-electron chi connectivity index (χ3n) is 7.68. The van der Waals surface area contributed by atoms with Crippen LogP contribution in [0.25, 0.3) is 22.6 Å². The first kappa shape index (κ1) is 27.1. The molecular weight excluding hydrogens is 546 g/mol. The van der Waals surface area contributed by atoms with Gasteiger partial charge in [0.25, 0.3) is 5.56 Å². The van der Waals surface area contributed by atoms with Crippen molar-refractivity contribution in [3.8, 4) is 17.3 Å². The number of hydrogen-bond donors (Lipinski definition) is 1. The predicted molar refractivity (Wildman–Crippen MR) is 150 cm³/mol. The molecule has 0 saturated heterocycles. The van der Waals surface area contributed by atoms with E-state index in [9.17, 15) is 13.2 Å². The van der Waals surface area contributed by atoms with Crippen LogP contribution in [0.1, 0.15) is 68.7 Å². The molecule has 41 heavy (non-hydrogen) atoms. The molecule has 2 saturated carbocycles. The third-order valence-corrected chi connectivity index (χ3v) is 9.37.